The number of halogens is 3. The van der Waals surface area contributed by atoms with Crippen molar-refractivity contribution in [2.75, 3.05) is 13.1 Å². The number of hydrogen-bond acceptors (Lipinski definition) is 2. The Kier molecular flexibility index (Phi) is 6.55. The first-order valence-corrected chi connectivity index (χ1v) is 6.47. The van der Waals surface area contributed by atoms with E-state index in [1.165, 1.54) is 12.1 Å². The molecule has 1 aliphatic heterocycles. The van der Waals surface area contributed by atoms with E-state index in [4.69, 9.17) is 11.6 Å². The van der Waals surface area contributed by atoms with Crippen molar-refractivity contribution in [1.82, 2.24) is 10.6 Å². The molecular weight excluding hydrogens is 290 g/mol. The van der Waals surface area contributed by atoms with Crippen LogP contribution in [0.1, 0.15) is 18.4 Å². The second kappa shape index (κ2) is 7.68. The lowest BCUT2D eigenvalue weighted by Gasteiger charge is -2.23. The fourth-order valence-corrected chi connectivity index (χ4v) is 2.35. The predicted octanol–water partition coefficient (Wildman–Crippen LogP) is 2.31. The highest BCUT2D eigenvalue weighted by Crippen LogP contribution is 2.19. The molecule has 0 saturated carbocycles. The Morgan fingerprint density at radius 3 is 2.95 bits per heavy atom. The average Bonchev–Trinajstić information content (AvgIpc) is 2.35. The van der Waals surface area contributed by atoms with E-state index in [0.717, 1.165) is 25.9 Å². The maximum Gasteiger partial charge on any atom is 0.224 e. The topological polar surface area (TPSA) is 41.1 Å². The monoisotopic (exact) mass is 306 g/mol. The van der Waals surface area contributed by atoms with E-state index in [-0.39, 0.29) is 36.3 Å². The van der Waals surface area contributed by atoms with Crippen LogP contribution < -0.4 is 10.6 Å². The molecule has 3 nitrogen and oxygen atoms in total. The molecule has 1 fully saturated rings. The van der Waals surface area contributed by atoms with Crippen molar-refractivity contribution in [3.05, 3.63) is 34.6 Å². The lowest BCUT2D eigenvalue weighted by atomic mass is 10.1. The van der Waals surface area contributed by atoms with Gasteiger partial charge in [0.25, 0.3) is 0 Å². The Hall–Kier alpha value is -0.840. The minimum Gasteiger partial charge on any atom is -0.352 e. The molecular formula is C13H17Cl2FN2O. The number of rotatable bonds is 3. The molecule has 1 unspecified atom stereocenters. The van der Waals surface area contributed by atoms with Crippen molar-refractivity contribution in [3.63, 3.8) is 0 Å². The van der Waals surface area contributed by atoms with Crippen LogP contribution in [0, 0.1) is 5.82 Å². The van der Waals surface area contributed by atoms with Crippen LogP contribution in [0.5, 0.6) is 0 Å². The quantitative estimate of drug-likeness (QED) is 0.900. The molecule has 0 bridgehead atoms. The normalized spacial score (nSPS) is 18.5. The highest BCUT2D eigenvalue weighted by Gasteiger charge is 2.17. The van der Waals surface area contributed by atoms with E-state index in [1.807, 2.05) is 0 Å². The zero-order valence-electron chi connectivity index (χ0n) is 10.4. The Labute approximate surface area is 123 Å². The number of amides is 1. The van der Waals surface area contributed by atoms with Crippen molar-refractivity contribution < 1.29 is 9.18 Å². The zero-order chi connectivity index (χ0) is 13.0. The molecule has 1 atom stereocenters. The fraction of sp³-hybridized carbons (Fsp3) is 0.462. The summed E-state index contributed by atoms with van der Waals surface area (Å²) in [4.78, 5) is 11.8. The Bertz CT molecular complexity index is 416. The van der Waals surface area contributed by atoms with Gasteiger partial charge in [-0.3, -0.25) is 4.79 Å². The molecule has 6 heteroatoms. The molecule has 1 heterocycles. The van der Waals surface area contributed by atoms with Crippen LogP contribution >= 0.6 is 24.0 Å². The molecule has 1 aromatic carbocycles. The van der Waals surface area contributed by atoms with Crippen molar-refractivity contribution in [3.8, 4) is 0 Å². The smallest absolute Gasteiger partial charge is 0.224 e. The third-order valence-corrected chi connectivity index (χ3v) is 3.42. The second-order valence-electron chi connectivity index (χ2n) is 4.49. The van der Waals surface area contributed by atoms with E-state index >= 15 is 0 Å². The lowest BCUT2D eigenvalue weighted by Crippen LogP contribution is -2.46. The van der Waals surface area contributed by atoms with Crippen LogP contribution in [0.25, 0.3) is 0 Å². The Morgan fingerprint density at radius 1 is 1.53 bits per heavy atom. The number of hydrogen-bond donors (Lipinski definition) is 2. The summed E-state index contributed by atoms with van der Waals surface area (Å²) in [6.45, 7) is 1.77. The summed E-state index contributed by atoms with van der Waals surface area (Å²) >= 11 is 5.88. The summed E-state index contributed by atoms with van der Waals surface area (Å²) in [6, 6.07) is 4.58. The van der Waals surface area contributed by atoms with Gasteiger partial charge in [0.05, 0.1) is 6.42 Å². The molecule has 1 amide bonds. The van der Waals surface area contributed by atoms with Crippen molar-refractivity contribution in [2.24, 2.45) is 0 Å². The van der Waals surface area contributed by atoms with E-state index in [1.54, 1.807) is 6.07 Å². The molecule has 0 spiro atoms. The molecule has 106 valence electrons. The minimum absolute atomic E-state index is 0. The van der Waals surface area contributed by atoms with Crippen molar-refractivity contribution in [2.45, 2.75) is 25.3 Å². The van der Waals surface area contributed by atoms with Crippen LogP contribution in [0.15, 0.2) is 18.2 Å². The van der Waals surface area contributed by atoms with Gasteiger partial charge in [-0.1, -0.05) is 17.7 Å². The maximum atomic E-state index is 13.5. The van der Waals surface area contributed by atoms with E-state index in [0.29, 0.717) is 5.02 Å². The fourth-order valence-electron chi connectivity index (χ4n) is 2.12. The van der Waals surface area contributed by atoms with Gasteiger partial charge in [0, 0.05) is 23.2 Å². The Morgan fingerprint density at radius 2 is 2.32 bits per heavy atom. The average molecular weight is 307 g/mol. The number of carbonyl (C=O) groups excluding carboxylic acids is 1. The Balaban J connectivity index is 0.00000180. The molecule has 2 rings (SSSR count). The summed E-state index contributed by atoms with van der Waals surface area (Å²) in [5.41, 5.74) is 0.264. The van der Waals surface area contributed by atoms with Gasteiger partial charge in [-0.15, -0.1) is 12.4 Å². The van der Waals surface area contributed by atoms with Gasteiger partial charge >= 0.3 is 0 Å². The van der Waals surface area contributed by atoms with Crippen molar-refractivity contribution in [1.29, 1.82) is 0 Å². The number of nitrogens with one attached hydrogen (secondary N) is 2. The summed E-state index contributed by atoms with van der Waals surface area (Å²) in [5.74, 6) is -0.616. The standard InChI is InChI=1S/C13H16ClFN2O.ClH/c14-11-4-1-5-12(15)10(11)7-13(18)17-9-3-2-6-16-8-9;/h1,4-5,9,16H,2-3,6-8H2,(H,17,18);1H. The maximum absolute atomic E-state index is 13.5. The number of piperidine rings is 1. The van der Waals surface area contributed by atoms with Crippen molar-refractivity contribution >= 4 is 29.9 Å². The van der Waals surface area contributed by atoms with Crippen LogP contribution in [0.4, 0.5) is 4.39 Å². The molecule has 0 aliphatic carbocycles. The van der Waals surface area contributed by atoms with Gasteiger partial charge in [0.2, 0.25) is 5.91 Å². The van der Waals surface area contributed by atoms with Crippen LogP contribution in [-0.4, -0.2) is 25.0 Å². The van der Waals surface area contributed by atoms with Crippen LogP contribution in [-0.2, 0) is 11.2 Å². The van der Waals surface area contributed by atoms with E-state index < -0.39 is 5.82 Å². The highest BCUT2D eigenvalue weighted by atomic mass is 35.5. The molecule has 0 aromatic heterocycles. The van der Waals surface area contributed by atoms with Gasteiger partial charge in [-0.05, 0) is 31.5 Å². The molecule has 2 N–H and O–H groups in total. The predicted molar refractivity (Wildman–Crippen MR) is 76.4 cm³/mol. The van der Waals surface area contributed by atoms with E-state index in [2.05, 4.69) is 10.6 Å². The largest absolute Gasteiger partial charge is 0.352 e. The molecule has 0 radical (unpaired) electrons. The van der Waals surface area contributed by atoms with Gasteiger partial charge in [0.15, 0.2) is 0 Å². The zero-order valence-corrected chi connectivity index (χ0v) is 12.0. The number of benzene rings is 1. The van der Waals surface area contributed by atoms with Gasteiger partial charge < -0.3 is 10.6 Å². The van der Waals surface area contributed by atoms with Crippen LogP contribution in [0.3, 0.4) is 0 Å². The summed E-state index contributed by atoms with van der Waals surface area (Å²) in [5, 5.41) is 6.41. The first-order valence-electron chi connectivity index (χ1n) is 6.10. The summed E-state index contributed by atoms with van der Waals surface area (Å²) in [6.07, 6.45) is 2.00. The minimum atomic E-state index is -0.431. The SMILES string of the molecule is Cl.O=C(Cc1c(F)cccc1Cl)NC1CCCNC1. The molecule has 1 aromatic rings. The number of carbonyl (C=O) groups is 1. The molecule has 19 heavy (non-hydrogen) atoms. The van der Waals surface area contributed by atoms with Crippen LogP contribution in [0.2, 0.25) is 5.02 Å². The first kappa shape index (κ1) is 16.2. The van der Waals surface area contributed by atoms with Gasteiger partial charge in [-0.25, -0.2) is 4.39 Å². The lowest BCUT2D eigenvalue weighted by molar-refractivity contribution is -0.121. The van der Waals surface area contributed by atoms with E-state index in [9.17, 15) is 9.18 Å². The summed E-state index contributed by atoms with van der Waals surface area (Å²) < 4.78 is 13.5. The third-order valence-electron chi connectivity index (χ3n) is 3.06. The van der Waals surface area contributed by atoms with Gasteiger partial charge in [-0.2, -0.15) is 0 Å². The third kappa shape index (κ3) is 4.64. The summed E-state index contributed by atoms with van der Waals surface area (Å²) in [7, 11) is 0. The molecule has 1 aliphatic rings. The second-order valence-corrected chi connectivity index (χ2v) is 4.89. The van der Waals surface area contributed by atoms with Gasteiger partial charge in [0.1, 0.15) is 5.82 Å². The molecule has 1 saturated heterocycles. The highest BCUT2D eigenvalue weighted by molar-refractivity contribution is 6.31. The first-order chi connectivity index (χ1) is 8.66.